The molecule has 0 saturated heterocycles. The molecule has 0 aliphatic carbocycles. The van der Waals surface area contributed by atoms with Crippen LogP contribution < -0.4 is 10.6 Å². The second-order valence-electron chi connectivity index (χ2n) is 8.26. The predicted octanol–water partition coefficient (Wildman–Crippen LogP) is 4.96. The molecule has 0 spiro atoms. The second kappa shape index (κ2) is 11.8. The fraction of sp³-hybridized carbons (Fsp3) is 0.207. The number of para-hydroxylation sites is 1. The molecule has 1 aromatic heterocycles. The third-order valence-electron chi connectivity index (χ3n) is 5.73. The van der Waals surface area contributed by atoms with E-state index in [-0.39, 0.29) is 17.5 Å². The molecule has 2 amide bonds. The van der Waals surface area contributed by atoms with Gasteiger partial charge in [0.05, 0.1) is 11.1 Å². The van der Waals surface area contributed by atoms with Crippen molar-refractivity contribution in [1.29, 1.82) is 0 Å². The Labute approximate surface area is 200 Å². The summed E-state index contributed by atoms with van der Waals surface area (Å²) in [6.45, 7) is 1.11. The van der Waals surface area contributed by atoms with Crippen molar-refractivity contribution >= 4 is 22.7 Å². The first kappa shape index (κ1) is 23.2. The number of benzene rings is 3. The number of fused-ring (bicyclic) bond motifs is 1. The van der Waals surface area contributed by atoms with E-state index in [9.17, 15) is 9.59 Å². The Hall–Kier alpha value is -3.99. The van der Waals surface area contributed by atoms with Crippen LogP contribution in [0.15, 0.2) is 91.0 Å². The third kappa shape index (κ3) is 6.29. The van der Waals surface area contributed by atoms with Crippen LogP contribution in [-0.2, 0) is 12.8 Å². The number of carbonyl (C=O) groups is 2. The fourth-order valence-corrected chi connectivity index (χ4v) is 3.94. The Morgan fingerprint density at radius 1 is 0.647 bits per heavy atom. The first-order valence-electron chi connectivity index (χ1n) is 11.7. The lowest BCUT2D eigenvalue weighted by atomic mass is 10.1. The van der Waals surface area contributed by atoms with Gasteiger partial charge in [-0.15, -0.1) is 0 Å². The summed E-state index contributed by atoms with van der Waals surface area (Å²) in [5.41, 5.74) is 3.85. The van der Waals surface area contributed by atoms with Gasteiger partial charge in [-0.3, -0.25) is 9.59 Å². The third-order valence-corrected chi connectivity index (χ3v) is 5.73. The number of aromatic nitrogens is 1. The molecule has 4 rings (SSSR count). The van der Waals surface area contributed by atoms with Gasteiger partial charge < -0.3 is 10.6 Å². The topological polar surface area (TPSA) is 71.1 Å². The molecule has 1 heterocycles. The summed E-state index contributed by atoms with van der Waals surface area (Å²) in [5, 5.41) is 6.68. The average molecular weight is 452 g/mol. The Morgan fingerprint density at radius 2 is 1.18 bits per heavy atom. The van der Waals surface area contributed by atoms with Crippen LogP contribution in [0.3, 0.4) is 0 Å². The molecule has 5 heteroatoms. The summed E-state index contributed by atoms with van der Waals surface area (Å²) in [4.78, 5) is 30.3. The summed E-state index contributed by atoms with van der Waals surface area (Å²) >= 11 is 0. The van der Waals surface area contributed by atoms with Crippen LogP contribution in [0.1, 0.15) is 44.8 Å². The van der Waals surface area contributed by atoms with E-state index in [0.29, 0.717) is 24.2 Å². The molecule has 34 heavy (non-hydrogen) atoms. The smallest absolute Gasteiger partial charge is 0.269 e. The van der Waals surface area contributed by atoms with Crippen molar-refractivity contribution in [2.24, 2.45) is 0 Å². The molecule has 0 bridgehead atoms. The Kier molecular flexibility index (Phi) is 8.01. The van der Waals surface area contributed by atoms with Gasteiger partial charge >= 0.3 is 0 Å². The molecular formula is C29H29N3O2. The van der Waals surface area contributed by atoms with E-state index >= 15 is 0 Å². The first-order valence-corrected chi connectivity index (χ1v) is 11.7. The number of hydrogen-bond acceptors (Lipinski definition) is 3. The van der Waals surface area contributed by atoms with Crippen molar-refractivity contribution < 1.29 is 9.59 Å². The maximum absolute atomic E-state index is 13.0. The van der Waals surface area contributed by atoms with Gasteiger partial charge in [-0.1, -0.05) is 78.9 Å². The summed E-state index contributed by atoms with van der Waals surface area (Å²) < 4.78 is 0. The number of pyridine rings is 1. The van der Waals surface area contributed by atoms with Gasteiger partial charge in [-0.2, -0.15) is 0 Å². The normalized spacial score (nSPS) is 10.7. The molecule has 4 aromatic rings. The lowest BCUT2D eigenvalue weighted by Gasteiger charge is -2.11. The highest BCUT2D eigenvalue weighted by molar-refractivity contribution is 6.08. The quantitative estimate of drug-likeness (QED) is 0.335. The number of nitrogens with zero attached hydrogens (tertiary/aromatic N) is 1. The predicted molar refractivity (Wildman–Crippen MR) is 136 cm³/mol. The van der Waals surface area contributed by atoms with Gasteiger partial charge in [-0.05, 0) is 48.9 Å². The van der Waals surface area contributed by atoms with Crippen molar-refractivity contribution in [3.8, 4) is 0 Å². The van der Waals surface area contributed by atoms with Gasteiger partial charge in [0.25, 0.3) is 11.8 Å². The molecular weight excluding hydrogens is 422 g/mol. The summed E-state index contributed by atoms with van der Waals surface area (Å²) in [6, 6.07) is 29.4. The van der Waals surface area contributed by atoms with Crippen molar-refractivity contribution in [2.75, 3.05) is 13.1 Å². The lowest BCUT2D eigenvalue weighted by Crippen LogP contribution is -2.28. The van der Waals surface area contributed by atoms with Crippen LogP contribution in [0.25, 0.3) is 10.9 Å². The number of rotatable bonds is 10. The summed E-state index contributed by atoms with van der Waals surface area (Å²) in [6.07, 6.45) is 3.46. The molecule has 0 radical (unpaired) electrons. The highest BCUT2D eigenvalue weighted by Gasteiger charge is 2.16. The van der Waals surface area contributed by atoms with E-state index < -0.39 is 0 Å². The van der Waals surface area contributed by atoms with Crippen LogP contribution in [0, 0.1) is 0 Å². The zero-order valence-corrected chi connectivity index (χ0v) is 19.2. The van der Waals surface area contributed by atoms with Gasteiger partial charge in [-0.25, -0.2) is 4.98 Å². The minimum Gasteiger partial charge on any atom is -0.352 e. The molecule has 5 nitrogen and oxygen atoms in total. The molecule has 0 unspecified atom stereocenters. The van der Waals surface area contributed by atoms with Crippen molar-refractivity contribution in [1.82, 2.24) is 15.6 Å². The molecule has 0 aliphatic heterocycles. The maximum Gasteiger partial charge on any atom is 0.269 e. The van der Waals surface area contributed by atoms with Crippen LogP contribution in [0.4, 0.5) is 0 Å². The standard InChI is InChI=1S/C29H29N3O2/c33-28(30-19-9-15-22-11-3-1-4-12-22)25-21-27(32-26-18-8-7-17-24(25)26)29(34)31-20-10-16-23-13-5-2-6-14-23/h1-8,11-14,17-18,21H,9-10,15-16,19-20H2,(H,30,33)(H,31,34). The van der Waals surface area contributed by atoms with Crippen molar-refractivity contribution in [3.05, 3.63) is 113 Å². The molecule has 0 fully saturated rings. The monoisotopic (exact) mass is 451 g/mol. The van der Waals surface area contributed by atoms with Gasteiger partial charge in [0.15, 0.2) is 0 Å². The van der Waals surface area contributed by atoms with Crippen molar-refractivity contribution in [3.63, 3.8) is 0 Å². The van der Waals surface area contributed by atoms with E-state index in [1.165, 1.54) is 11.1 Å². The Balaban J connectivity index is 1.38. The highest BCUT2D eigenvalue weighted by Crippen LogP contribution is 2.19. The van der Waals surface area contributed by atoms with Crippen LogP contribution in [-0.4, -0.2) is 29.9 Å². The number of hydrogen-bond donors (Lipinski definition) is 2. The molecule has 0 aliphatic rings. The fourth-order valence-electron chi connectivity index (χ4n) is 3.94. The van der Waals surface area contributed by atoms with Gasteiger partial charge in [0.1, 0.15) is 5.69 Å². The van der Waals surface area contributed by atoms with E-state index in [1.54, 1.807) is 6.07 Å². The van der Waals surface area contributed by atoms with E-state index in [0.717, 1.165) is 31.1 Å². The number of nitrogens with one attached hydrogen (secondary N) is 2. The molecule has 0 saturated carbocycles. The molecule has 2 N–H and O–H groups in total. The second-order valence-corrected chi connectivity index (χ2v) is 8.26. The minimum absolute atomic E-state index is 0.190. The molecule has 3 aromatic carbocycles. The molecule has 172 valence electrons. The summed E-state index contributed by atoms with van der Waals surface area (Å²) in [7, 11) is 0. The minimum atomic E-state index is -0.267. The largest absolute Gasteiger partial charge is 0.352 e. The van der Waals surface area contributed by atoms with E-state index in [2.05, 4.69) is 39.9 Å². The van der Waals surface area contributed by atoms with Crippen molar-refractivity contribution in [2.45, 2.75) is 25.7 Å². The van der Waals surface area contributed by atoms with Crippen LogP contribution in [0.2, 0.25) is 0 Å². The maximum atomic E-state index is 13.0. The number of amides is 2. The van der Waals surface area contributed by atoms with Gasteiger partial charge in [0.2, 0.25) is 0 Å². The lowest BCUT2D eigenvalue weighted by molar-refractivity contribution is 0.0948. The summed E-state index contributed by atoms with van der Waals surface area (Å²) in [5.74, 6) is -0.457. The SMILES string of the molecule is O=C(NCCCc1ccccc1)c1cc(C(=O)NCCCc2ccccc2)c2ccccc2n1. The zero-order valence-electron chi connectivity index (χ0n) is 19.2. The Morgan fingerprint density at radius 3 is 1.79 bits per heavy atom. The van der Waals surface area contributed by atoms with E-state index in [4.69, 9.17) is 0 Å². The highest BCUT2D eigenvalue weighted by atomic mass is 16.2. The average Bonchev–Trinajstić information content (AvgIpc) is 2.89. The van der Waals surface area contributed by atoms with Gasteiger partial charge in [0, 0.05) is 18.5 Å². The van der Waals surface area contributed by atoms with Crippen LogP contribution >= 0.6 is 0 Å². The number of carbonyl (C=O) groups excluding carboxylic acids is 2. The molecule has 0 atom stereocenters. The zero-order chi connectivity index (χ0) is 23.6. The van der Waals surface area contributed by atoms with Crippen LogP contribution in [0.5, 0.6) is 0 Å². The first-order chi connectivity index (χ1) is 16.7. The Bertz CT molecular complexity index is 1240. The van der Waals surface area contributed by atoms with E-state index in [1.807, 2.05) is 60.7 Å². The number of aryl methyl sites for hydroxylation is 2.